The van der Waals surface area contributed by atoms with E-state index >= 15 is 0 Å². The standard InChI is InChI=1S/C16H11BrN2OS/c17-10-5-7-11(8-6-10)20-15-9-13(16(18)21)12-3-1-2-4-14(12)19-15/h1-9H,(H2,18,21). The van der Waals surface area contributed by atoms with Crippen molar-refractivity contribution >= 4 is 44.0 Å². The Morgan fingerprint density at radius 1 is 1.10 bits per heavy atom. The van der Waals surface area contributed by atoms with Crippen LogP contribution in [0.1, 0.15) is 5.56 Å². The molecule has 0 aliphatic rings. The minimum Gasteiger partial charge on any atom is -0.439 e. The lowest BCUT2D eigenvalue weighted by molar-refractivity contribution is 0.465. The molecule has 2 aromatic carbocycles. The molecule has 21 heavy (non-hydrogen) atoms. The predicted molar refractivity (Wildman–Crippen MR) is 91.8 cm³/mol. The fourth-order valence-electron chi connectivity index (χ4n) is 2.03. The molecule has 104 valence electrons. The van der Waals surface area contributed by atoms with E-state index < -0.39 is 0 Å². The Morgan fingerprint density at radius 2 is 1.81 bits per heavy atom. The summed E-state index contributed by atoms with van der Waals surface area (Å²) in [6, 6.07) is 17.0. The molecule has 0 radical (unpaired) electrons. The van der Waals surface area contributed by atoms with Crippen LogP contribution >= 0.6 is 28.1 Å². The van der Waals surface area contributed by atoms with E-state index in [0.717, 1.165) is 20.9 Å². The van der Waals surface area contributed by atoms with Gasteiger partial charge < -0.3 is 10.5 Å². The van der Waals surface area contributed by atoms with Crippen LogP contribution in [0.4, 0.5) is 0 Å². The zero-order valence-corrected chi connectivity index (χ0v) is 13.3. The summed E-state index contributed by atoms with van der Waals surface area (Å²) >= 11 is 8.51. The summed E-state index contributed by atoms with van der Waals surface area (Å²) in [4.78, 5) is 4.81. The van der Waals surface area contributed by atoms with Crippen LogP contribution in [0, 0.1) is 0 Å². The quantitative estimate of drug-likeness (QED) is 0.703. The number of nitrogens with two attached hydrogens (primary N) is 1. The van der Waals surface area contributed by atoms with Crippen LogP contribution in [-0.2, 0) is 0 Å². The summed E-state index contributed by atoms with van der Waals surface area (Å²) in [7, 11) is 0. The lowest BCUT2D eigenvalue weighted by Gasteiger charge is -2.09. The van der Waals surface area contributed by atoms with E-state index in [4.69, 9.17) is 22.7 Å². The molecule has 0 aliphatic carbocycles. The number of para-hydroxylation sites is 1. The first kappa shape index (κ1) is 14.0. The van der Waals surface area contributed by atoms with Crippen molar-refractivity contribution < 1.29 is 4.74 Å². The maximum atomic E-state index is 5.80. The SMILES string of the molecule is NC(=S)c1cc(Oc2ccc(Br)cc2)nc2ccccc12. The number of fused-ring (bicyclic) bond motifs is 1. The number of hydrogen-bond acceptors (Lipinski definition) is 3. The van der Waals surface area contributed by atoms with E-state index in [0.29, 0.717) is 16.6 Å². The van der Waals surface area contributed by atoms with Crippen molar-refractivity contribution in [2.45, 2.75) is 0 Å². The molecule has 3 aromatic rings. The smallest absolute Gasteiger partial charge is 0.220 e. The average molecular weight is 359 g/mol. The molecular weight excluding hydrogens is 348 g/mol. The molecule has 0 saturated carbocycles. The van der Waals surface area contributed by atoms with Gasteiger partial charge >= 0.3 is 0 Å². The highest BCUT2D eigenvalue weighted by Crippen LogP contribution is 2.26. The van der Waals surface area contributed by atoms with Gasteiger partial charge in [-0.05, 0) is 30.3 Å². The Bertz CT molecular complexity index is 818. The average Bonchev–Trinajstić information content (AvgIpc) is 2.48. The molecule has 1 aromatic heterocycles. The van der Waals surface area contributed by atoms with Crippen molar-refractivity contribution in [2.24, 2.45) is 5.73 Å². The second-order valence-electron chi connectivity index (χ2n) is 4.45. The Kier molecular flexibility index (Phi) is 3.86. The summed E-state index contributed by atoms with van der Waals surface area (Å²) in [5, 5.41) is 0.924. The number of thiocarbonyl (C=S) groups is 1. The molecular formula is C16H11BrN2OS. The van der Waals surface area contributed by atoms with E-state index in [1.54, 1.807) is 6.07 Å². The van der Waals surface area contributed by atoms with Crippen LogP contribution in [0.2, 0.25) is 0 Å². The van der Waals surface area contributed by atoms with E-state index in [9.17, 15) is 0 Å². The van der Waals surface area contributed by atoms with Gasteiger partial charge in [-0.2, -0.15) is 0 Å². The van der Waals surface area contributed by atoms with Crippen LogP contribution in [0.3, 0.4) is 0 Å². The molecule has 5 heteroatoms. The third-order valence-corrected chi connectivity index (χ3v) is 3.74. The van der Waals surface area contributed by atoms with Crippen LogP contribution in [0.25, 0.3) is 10.9 Å². The Morgan fingerprint density at radius 3 is 2.52 bits per heavy atom. The topological polar surface area (TPSA) is 48.1 Å². The molecule has 2 N–H and O–H groups in total. The van der Waals surface area contributed by atoms with E-state index in [-0.39, 0.29) is 0 Å². The fraction of sp³-hybridized carbons (Fsp3) is 0. The third kappa shape index (κ3) is 3.04. The zero-order chi connectivity index (χ0) is 14.8. The van der Waals surface area contributed by atoms with Gasteiger partial charge in [0, 0.05) is 21.5 Å². The van der Waals surface area contributed by atoms with Gasteiger partial charge in [0.1, 0.15) is 10.7 Å². The van der Waals surface area contributed by atoms with Gasteiger partial charge in [-0.25, -0.2) is 4.98 Å². The molecule has 3 nitrogen and oxygen atoms in total. The highest BCUT2D eigenvalue weighted by Gasteiger charge is 2.09. The minimum absolute atomic E-state index is 0.328. The molecule has 1 heterocycles. The molecule has 0 bridgehead atoms. The van der Waals surface area contributed by atoms with Crippen molar-refractivity contribution in [3.63, 3.8) is 0 Å². The number of aromatic nitrogens is 1. The molecule has 0 atom stereocenters. The van der Waals surface area contributed by atoms with Crippen molar-refractivity contribution in [3.05, 3.63) is 64.6 Å². The summed E-state index contributed by atoms with van der Waals surface area (Å²) in [6.45, 7) is 0. The first-order valence-corrected chi connectivity index (χ1v) is 7.46. The van der Waals surface area contributed by atoms with Gasteiger partial charge in [0.2, 0.25) is 5.88 Å². The first-order chi connectivity index (χ1) is 10.1. The van der Waals surface area contributed by atoms with Crippen LogP contribution in [-0.4, -0.2) is 9.97 Å². The number of benzene rings is 2. The van der Waals surface area contributed by atoms with Crippen LogP contribution < -0.4 is 10.5 Å². The fourth-order valence-corrected chi connectivity index (χ4v) is 2.46. The Hall–Kier alpha value is -1.98. The number of ether oxygens (including phenoxy) is 1. The number of hydrogen-bond donors (Lipinski definition) is 1. The minimum atomic E-state index is 0.328. The number of nitrogens with zero attached hydrogens (tertiary/aromatic N) is 1. The molecule has 0 unspecified atom stereocenters. The van der Waals surface area contributed by atoms with E-state index in [2.05, 4.69) is 20.9 Å². The van der Waals surface area contributed by atoms with Crippen LogP contribution in [0.15, 0.2) is 59.1 Å². The van der Waals surface area contributed by atoms with E-state index in [1.807, 2.05) is 48.5 Å². The van der Waals surface area contributed by atoms with Gasteiger partial charge in [-0.15, -0.1) is 0 Å². The molecule has 0 saturated heterocycles. The maximum Gasteiger partial charge on any atom is 0.220 e. The van der Waals surface area contributed by atoms with Crippen molar-refractivity contribution in [1.29, 1.82) is 0 Å². The van der Waals surface area contributed by atoms with Crippen LogP contribution in [0.5, 0.6) is 11.6 Å². The number of pyridine rings is 1. The lowest BCUT2D eigenvalue weighted by Crippen LogP contribution is -2.10. The Labute approximate surface area is 135 Å². The van der Waals surface area contributed by atoms with E-state index in [1.165, 1.54) is 0 Å². The molecule has 0 amide bonds. The maximum absolute atomic E-state index is 5.80. The normalized spacial score (nSPS) is 10.5. The Balaban J connectivity index is 2.06. The van der Waals surface area contributed by atoms with Gasteiger partial charge in [0.25, 0.3) is 0 Å². The van der Waals surface area contributed by atoms with Crippen molar-refractivity contribution in [1.82, 2.24) is 4.98 Å². The summed E-state index contributed by atoms with van der Waals surface area (Å²) in [6.07, 6.45) is 0. The molecule has 0 fully saturated rings. The summed E-state index contributed by atoms with van der Waals surface area (Å²) in [5.41, 5.74) is 7.37. The van der Waals surface area contributed by atoms with Crippen molar-refractivity contribution in [3.8, 4) is 11.6 Å². The molecule has 0 spiro atoms. The summed E-state index contributed by atoms with van der Waals surface area (Å²) < 4.78 is 6.78. The van der Waals surface area contributed by atoms with Gasteiger partial charge in [0.15, 0.2) is 0 Å². The number of rotatable bonds is 3. The molecule has 3 rings (SSSR count). The third-order valence-electron chi connectivity index (χ3n) is 2.99. The predicted octanol–water partition coefficient (Wildman–Crippen LogP) is 4.42. The second kappa shape index (κ2) is 5.79. The summed E-state index contributed by atoms with van der Waals surface area (Å²) in [5.74, 6) is 1.17. The lowest BCUT2D eigenvalue weighted by atomic mass is 10.1. The van der Waals surface area contributed by atoms with Gasteiger partial charge in [-0.1, -0.05) is 46.3 Å². The molecule has 0 aliphatic heterocycles. The van der Waals surface area contributed by atoms with Gasteiger partial charge in [0.05, 0.1) is 5.52 Å². The second-order valence-corrected chi connectivity index (χ2v) is 5.80. The zero-order valence-electron chi connectivity index (χ0n) is 10.9. The van der Waals surface area contributed by atoms with Crippen molar-refractivity contribution in [2.75, 3.05) is 0 Å². The highest BCUT2D eigenvalue weighted by atomic mass is 79.9. The highest BCUT2D eigenvalue weighted by molar-refractivity contribution is 9.10. The number of halogens is 1. The first-order valence-electron chi connectivity index (χ1n) is 6.26. The van der Waals surface area contributed by atoms with Gasteiger partial charge in [-0.3, -0.25) is 0 Å². The monoisotopic (exact) mass is 358 g/mol. The largest absolute Gasteiger partial charge is 0.439 e.